The number of anilines is 1. The summed E-state index contributed by atoms with van der Waals surface area (Å²) in [5, 5.41) is 19.0. The van der Waals surface area contributed by atoms with Crippen LogP contribution >= 0.6 is 0 Å². The van der Waals surface area contributed by atoms with E-state index in [0.717, 1.165) is 54.9 Å². The summed E-state index contributed by atoms with van der Waals surface area (Å²) in [6.45, 7) is 6.51. The third kappa shape index (κ3) is 4.95. The maximum absolute atomic E-state index is 12.2. The molecule has 0 aromatic heterocycles. The third-order valence-electron chi connectivity index (χ3n) is 6.54. The molecule has 2 aliphatic rings. The predicted octanol–water partition coefficient (Wildman–Crippen LogP) is 3.65. The summed E-state index contributed by atoms with van der Waals surface area (Å²) in [7, 11) is 0. The normalized spacial score (nSPS) is 21.1. The molecule has 7 heteroatoms. The molecule has 170 valence electrons. The molecule has 4 rings (SSSR count). The van der Waals surface area contributed by atoms with Crippen molar-refractivity contribution < 1.29 is 14.7 Å². The zero-order valence-electron chi connectivity index (χ0n) is 18.7. The first kappa shape index (κ1) is 22.3. The zero-order chi connectivity index (χ0) is 22.7. The number of nitrogens with zero attached hydrogens (tertiary/aromatic N) is 1. The highest BCUT2D eigenvalue weighted by Crippen LogP contribution is 2.39. The Kier molecular flexibility index (Phi) is 6.77. The minimum absolute atomic E-state index is 0.0362. The molecule has 0 bridgehead atoms. The zero-order valence-corrected chi connectivity index (χ0v) is 18.7. The van der Waals surface area contributed by atoms with Crippen molar-refractivity contribution in [3.8, 4) is 11.1 Å². The second-order valence-electron chi connectivity index (χ2n) is 8.85. The number of carbonyl (C=O) groups is 2. The topological polar surface area (TPSA) is 93.7 Å². The van der Waals surface area contributed by atoms with Crippen LogP contribution in [0, 0.1) is 0 Å². The van der Waals surface area contributed by atoms with E-state index in [9.17, 15) is 14.7 Å². The van der Waals surface area contributed by atoms with E-state index in [0.29, 0.717) is 12.5 Å². The van der Waals surface area contributed by atoms with Crippen LogP contribution in [0.1, 0.15) is 50.3 Å². The van der Waals surface area contributed by atoms with Gasteiger partial charge in [-0.25, -0.2) is 4.79 Å². The molecule has 4 N–H and O–H groups in total. The molecular formula is C25H32N4O3. The molecule has 0 radical (unpaired) electrons. The maximum atomic E-state index is 12.2. The van der Waals surface area contributed by atoms with Gasteiger partial charge in [0.2, 0.25) is 5.91 Å². The number of hydrogen-bond donors (Lipinski definition) is 4. The molecule has 2 amide bonds. The molecule has 2 aromatic rings. The Balaban J connectivity index is 1.55. The summed E-state index contributed by atoms with van der Waals surface area (Å²) in [4.78, 5) is 25.4. The lowest BCUT2D eigenvalue weighted by atomic mass is 9.89. The first-order valence-electron chi connectivity index (χ1n) is 11.4. The van der Waals surface area contributed by atoms with Crippen LogP contribution in [0.15, 0.2) is 42.5 Å². The summed E-state index contributed by atoms with van der Waals surface area (Å²) < 4.78 is 0. The first-order chi connectivity index (χ1) is 15.4. The average molecular weight is 437 g/mol. The van der Waals surface area contributed by atoms with Gasteiger partial charge < -0.3 is 26.0 Å². The lowest BCUT2D eigenvalue weighted by Gasteiger charge is -2.39. The number of carboxylic acid groups (broad SMARTS) is 1. The minimum atomic E-state index is -1.06. The number of nitrogens with one attached hydrogen (secondary N) is 3. The second-order valence-corrected chi connectivity index (χ2v) is 8.85. The number of rotatable bonds is 5. The van der Waals surface area contributed by atoms with Gasteiger partial charge in [-0.3, -0.25) is 4.79 Å². The van der Waals surface area contributed by atoms with Gasteiger partial charge in [0, 0.05) is 31.2 Å². The lowest BCUT2D eigenvalue weighted by molar-refractivity contribution is -0.117. The minimum Gasteiger partial charge on any atom is -0.465 e. The Morgan fingerprint density at radius 2 is 1.78 bits per heavy atom. The molecule has 1 saturated heterocycles. The number of carbonyl (C=O) groups excluding carboxylic acids is 1. The van der Waals surface area contributed by atoms with Gasteiger partial charge in [0.05, 0.1) is 6.04 Å². The molecule has 0 aliphatic carbocycles. The van der Waals surface area contributed by atoms with Crippen molar-refractivity contribution in [3.05, 3.63) is 53.6 Å². The lowest BCUT2D eigenvalue weighted by Crippen LogP contribution is -2.45. The Hall–Kier alpha value is -2.90. The van der Waals surface area contributed by atoms with Gasteiger partial charge in [0.1, 0.15) is 0 Å². The van der Waals surface area contributed by atoms with Crippen molar-refractivity contribution in [3.63, 3.8) is 0 Å². The second kappa shape index (κ2) is 9.71. The molecule has 2 atom stereocenters. The van der Waals surface area contributed by atoms with Crippen molar-refractivity contribution in [1.82, 2.24) is 16.0 Å². The number of piperidine rings is 1. The van der Waals surface area contributed by atoms with Crippen LogP contribution in [0.2, 0.25) is 0 Å². The van der Waals surface area contributed by atoms with Crippen molar-refractivity contribution in [2.75, 3.05) is 18.0 Å². The van der Waals surface area contributed by atoms with E-state index >= 15 is 0 Å². The highest BCUT2D eigenvalue weighted by atomic mass is 16.4. The standard InChI is InChI=1S/C25H32N4O3/c1-16-13-23(28-25(31)32)22-14-20(7-8-24(22)29(16)17(2)30)19-5-3-18(4-6-19)15-27-21-9-11-26-12-10-21/h3-8,14,16,21,23,26-28H,9-13,15H2,1-2H3,(H,31,32). The van der Waals surface area contributed by atoms with Crippen molar-refractivity contribution in [2.45, 2.75) is 57.8 Å². The van der Waals surface area contributed by atoms with Crippen LogP contribution < -0.4 is 20.9 Å². The van der Waals surface area contributed by atoms with Crippen LogP contribution in [0.25, 0.3) is 11.1 Å². The van der Waals surface area contributed by atoms with Gasteiger partial charge in [0.25, 0.3) is 0 Å². The fourth-order valence-electron chi connectivity index (χ4n) is 4.91. The molecule has 0 spiro atoms. The van der Waals surface area contributed by atoms with E-state index in [1.165, 1.54) is 5.56 Å². The molecule has 32 heavy (non-hydrogen) atoms. The number of hydrogen-bond acceptors (Lipinski definition) is 4. The summed E-state index contributed by atoms with van der Waals surface area (Å²) in [6, 6.07) is 14.6. The summed E-state index contributed by atoms with van der Waals surface area (Å²) in [5.41, 5.74) is 4.95. The van der Waals surface area contributed by atoms with Crippen LogP contribution in [0.4, 0.5) is 10.5 Å². The molecule has 1 fully saturated rings. The van der Waals surface area contributed by atoms with Crippen LogP contribution in [-0.4, -0.2) is 42.3 Å². The SMILES string of the molecule is CC(=O)N1c2ccc(-c3ccc(CNC4CCNCC4)cc3)cc2C(NC(=O)O)CC1C. The van der Waals surface area contributed by atoms with E-state index < -0.39 is 6.09 Å². The fraction of sp³-hybridized carbons (Fsp3) is 0.440. The van der Waals surface area contributed by atoms with E-state index in [1.54, 1.807) is 11.8 Å². The molecule has 7 nitrogen and oxygen atoms in total. The number of benzene rings is 2. The van der Waals surface area contributed by atoms with E-state index in [4.69, 9.17) is 0 Å². The Labute approximate surface area is 189 Å². The highest BCUT2D eigenvalue weighted by molar-refractivity contribution is 5.94. The smallest absolute Gasteiger partial charge is 0.405 e. The van der Waals surface area contributed by atoms with Gasteiger partial charge >= 0.3 is 6.09 Å². The molecular weight excluding hydrogens is 404 g/mol. The predicted molar refractivity (Wildman–Crippen MR) is 126 cm³/mol. The van der Waals surface area contributed by atoms with Gasteiger partial charge in [-0.05, 0) is 73.7 Å². The van der Waals surface area contributed by atoms with E-state index in [2.05, 4.69) is 40.2 Å². The Bertz CT molecular complexity index is 970. The third-order valence-corrected chi connectivity index (χ3v) is 6.54. The first-order valence-corrected chi connectivity index (χ1v) is 11.4. The van der Waals surface area contributed by atoms with Gasteiger partial charge in [-0.2, -0.15) is 0 Å². The summed E-state index contributed by atoms with van der Waals surface area (Å²) in [6.07, 6.45) is 1.81. The van der Waals surface area contributed by atoms with Gasteiger partial charge in [-0.1, -0.05) is 30.3 Å². The van der Waals surface area contributed by atoms with Crippen LogP contribution in [-0.2, 0) is 11.3 Å². The summed E-state index contributed by atoms with van der Waals surface area (Å²) in [5.74, 6) is -0.0362. The highest BCUT2D eigenvalue weighted by Gasteiger charge is 2.33. The van der Waals surface area contributed by atoms with Crippen LogP contribution in [0.3, 0.4) is 0 Å². The number of amides is 2. The van der Waals surface area contributed by atoms with Crippen molar-refractivity contribution in [2.24, 2.45) is 0 Å². The quantitative estimate of drug-likeness (QED) is 0.574. The molecule has 2 aliphatic heterocycles. The number of fused-ring (bicyclic) bond motifs is 1. The van der Waals surface area contributed by atoms with Gasteiger partial charge in [-0.15, -0.1) is 0 Å². The van der Waals surface area contributed by atoms with Gasteiger partial charge in [0.15, 0.2) is 0 Å². The maximum Gasteiger partial charge on any atom is 0.405 e. The molecule has 0 saturated carbocycles. The molecule has 2 heterocycles. The fourth-order valence-corrected chi connectivity index (χ4v) is 4.91. The van der Waals surface area contributed by atoms with E-state index in [-0.39, 0.29) is 18.0 Å². The Morgan fingerprint density at radius 1 is 1.09 bits per heavy atom. The summed E-state index contributed by atoms with van der Waals surface area (Å²) >= 11 is 0. The average Bonchev–Trinajstić information content (AvgIpc) is 2.78. The molecule has 2 aromatic carbocycles. The Morgan fingerprint density at radius 3 is 2.44 bits per heavy atom. The van der Waals surface area contributed by atoms with Crippen molar-refractivity contribution >= 4 is 17.7 Å². The van der Waals surface area contributed by atoms with E-state index in [1.807, 2.05) is 25.1 Å². The van der Waals surface area contributed by atoms with Crippen LogP contribution in [0.5, 0.6) is 0 Å². The largest absolute Gasteiger partial charge is 0.465 e. The molecule has 2 unspecified atom stereocenters. The monoisotopic (exact) mass is 436 g/mol. The van der Waals surface area contributed by atoms with Crippen molar-refractivity contribution in [1.29, 1.82) is 0 Å².